The minimum absolute atomic E-state index is 0.183. The van der Waals surface area contributed by atoms with E-state index in [2.05, 4.69) is 10.6 Å². The highest BCUT2D eigenvalue weighted by Gasteiger charge is 2.17. The van der Waals surface area contributed by atoms with Crippen molar-refractivity contribution in [3.8, 4) is 0 Å². The number of para-hydroxylation sites is 1. The molecule has 0 aromatic heterocycles. The summed E-state index contributed by atoms with van der Waals surface area (Å²) in [6.07, 6.45) is 0.200. The van der Waals surface area contributed by atoms with Gasteiger partial charge in [0.05, 0.1) is 23.3 Å². The lowest BCUT2D eigenvalue weighted by Gasteiger charge is -2.19. The van der Waals surface area contributed by atoms with Crippen LogP contribution in [0.5, 0.6) is 0 Å². The van der Waals surface area contributed by atoms with E-state index in [-0.39, 0.29) is 17.9 Å². The lowest BCUT2D eigenvalue weighted by Crippen LogP contribution is -2.47. The SMILES string of the molecule is CCC(NC(=O)c1ccccc1NC(=O)c1ccc(C)cc1)C(=O)[O-]. The van der Waals surface area contributed by atoms with E-state index in [0.717, 1.165) is 5.56 Å². The second-order valence-electron chi connectivity index (χ2n) is 5.62. The van der Waals surface area contributed by atoms with Gasteiger partial charge in [0.1, 0.15) is 0 Å². The molecule has 0 saturated carbocycles. The van der Waals surface area contributed by atoms with Crippen LogP contribution in [0, 0.1) is 6.92 Å². The van der Waals surface area contributed by atoms with Crippen molar-refractivity contribution in [1.29, 1.82) is 0 Å². The van der Waals surface area contributed by atoms with Crippen LogP contribution >= 0.6 is 0 Å². The summed E-state index contributed by atoms with van der Waals surface area (Å²) >= 11 is 0. The van der Waals surface area contributed by atoms with E-state index >= 15 is 0 Å². The molecule has 0 aliphatic heterocycles. The Morgan fingerprint density at radius 2 is 1.64 bits per heavy atom. The normalized spacial score (nSPS) is 11.4. The average molecular weight is 339 g/mol. The summed E-state index contributed by atoms with van der Waals surface area (Å²) in [4.78, 5) is 35.7. The topological polar surface area (TPSA) is 98.3 Å². The highest BCUT2D eigenvalue weighted by Crippen LogP contribution is 2.17. The first-order valence-corrected chi connectivity index (χ1v) is 7.91. The minimum atomic E-state index is -1.35. The number of benzene rings is 2. The molecule has 2 aromatic rings. The Balaban J connectivity index is 2.19. The van der Waals surface area contributed by atoms with Gasteiger partial charge in [-0.05, 0) is 37.6 Å². The Morgan fingerprint density at radius 3 is 2.24 bits per heavy atom. The third-order valence-electron chi connectivity index (χ3n) is 3.73. The fourth-order valence-corrected chi connectivity index (χ4v) is 2.25. The Labute approximate surface area is 145 Å². The molecule has 25 heavy (non-hydrogen) atoms. The molecule has 0 heterocycles. The largest absolute Gasteiger partial charge is 0.548 e. The van der Waals surface area contributed by atoms with E-state index in [4.69, 9.17) is 0 Å². The van der Waals surface area contributed by atoms with Crippen LogP contribution in [0.4, 0.5) is 5.69 Å². The molecule has 0 fully saturated rings. The van der Waals surface area contributed by atoms with Crippen LogP contribution in [0.3, 0.4) is 0 Å². The predicted octanol–water partition coefficient (Wildman–Crippen LogP) is 1.51. The number of carboxylic acids is 1. The summed E-state index contributed by atoms with van der Waals surface area (Å²) in [7, 11) is 0. The van der Waals surface area contributed by atoms with Crippen molar-refractivity contribution < 1.29 is 19.5 Å². The van der Waals surface area contributed by atoms with Crippen molar-refractivity contribution >= 4 is 23.5 Å². The van der Waals surface area contributed by atoms with Crippen molar-refractivity contribution in [3.05, 3.63) is 65.2 Å². The number of aliphatic carboxylic acids is 1. The number of anilines is 1. The molecule has 1 atom stereocenters. The molecule has 2 rings (SSSR count). The van der Waals surface area contributed by atoms with Crippen molar-refractivity contribution in [2.45, 2.75) is 26.3 Å². The summed E-state index contributed by atoms with van der Waals surface area (Å²) in [5.41, 5.74) is 1.98. The maximum atomic E-state index is 12.3. The molecule has 2 amide bonds. The van der Waals surface area contributed by atoms with Crippen molar-refractivity contribution in [1.82, 2.24) is 5.32 Å². The summed E-state index contributed by atoms with van der Waals surface area (Å²) < 4.78 is 0. The number of aryl methyl sites for hydroxylation is 1. The van der Waals surface area contributed by atoms with Crippen LogP contribution in [0.2, 0.25) is 0 Å². The highest BCUT2D eigenvalue weighted by molar-refractivity contribution is 6.09. The van der Waals surface area contributed by atoms with Crippen LogP contribution in [0.25, 0.3) is 0 Å². The van der Waals surface area contributed by atoms with Crippen LogP contribution in [-0.2, 0) is 4.79 Å². The molecule has 1 unspecified atom stereocenters. The van der Waals surface area contributed by atoms with E-state index in [9.17, 15) is 19.5 Å². The van der Waals surface area contributed by atoms with Gasteiger partial charge in [-0.25, -0.2) is 0 Å². The Hall–Kier alpha value is -3.15. The molecule has 6 nitrogen and oxygen atoms in total. The maximum Gasteiger partial charge on any atom is 0.255 e. The molecule has 0 aliphatic carbocycles. The minimum Gasteiger partial charge on any atom is -0.548 e. The number of amides is 2. The number of carbonyl (C=O) groups excluding carboxylic acids is 3. The lowest BCUT2D eigenvalue weighted by atomic mass is 10.1. The molecular weight excluding hydrogens is 320 g/mol. The number of carbonyl (C=O) groups is 3. The second-order valence-corrected chi connectivity index (χ2v) is 5.62. The van der Waals surface area contributed by atoms with Crippen molar-refractivity contribution in [3.63, 3.8) is 0 Å². The van der Waals surface area contributed by atoms with E-state index in [1.54, 1.807) is 37.3 Å². The first kappa shape index (κ1) is 18.2. The highest BCUT2D eigenvalue weighted by atomic mass is 16.4. The average Bonchev–Trinajstić information content (AvgIpc) is 2.60. The number of rotatable bonds is 6. The van der Waals surface area contributed by atoms with Gasteiger partial charge in [-0.1, -0.05) is 36.8 Å². The number of hydrogen-bond donors (Lipinski definition) is 2. The van der Waals surface area contributed by atoms with Gasteiger partial charge in [0, 0.05) is 5.56 Å². The zero-order chi connectivity index (χ0) is 18.4. The molecule has 130 valence electrons. The van der Waals surface area contributed by atoms with E-state index < -0.39 is 17.9 Å². The number of nitrogens with one attached hydrogen (secondary N) is 2. The van der Waals surface area contributed by atoms with Crippen LogP contribution < -0.4 is 15.7 Å². The lowest BCUT2D eigenvalue weighted by molar-refractivity contribution is -0.308. The van der Waals surface area contributed by atoms with Gasteiger partial charge in [-0.2, -0.15) is 0 Å². The third kappa shape index (κ3) is 4.67. The van der Waals surface area contributed by atoms with Crippen LogP contribution in [-0.4, -0.2) is 23.8 Å². The zero-order valence-electron chi connectivity index (χ0n) is 14.0. The molecule has 0 bridgehead atoms. The molecule has 0 aliphatic rings. The van der Waals surface area contributed by atoms with Gasteiger partial charge in [0.15, 0.2) is 0 Å². The summed E-state index contributed by atoms with van der Waals surface area (Å²) in [5, 5.41) is 16.1. The molecular formula is C19H19N2O4-. The smallest absolute Gasteiger partial charge is 0.255 e. The molecule has 0 radical (unpaired) electrons. The molecule has 2 N–H and O–H groups in total. The molecule has 2 aromatic carbocycles. The monoisotopic (exact) mass is 339 g/mol. The molecule has 6 heteroatoms. The predicted molar refractivity (Wildman–Crippen MR) is 92.1 cm³/mol. The maximum absolute atomic E-state index is 12.3. The van der Waals surface area contributed by atoms with Crippen LogP contribution in [0.15, 0.2) is 48.5 Å². The number of hydrogen-bond acceptors (Lipinski definition) is 4. The number of carboxylic acid groups (broad SMARTS) is 1. The van der Waals surface area contributed by atoms with Gasteiger partial charge in [-0.15, -0.1) is 0 Å². The summed E-state index contributed by atoms with van der Waals surface area (Å²) in [6.45, 7) is 3.55. The fraction of sp³-hybridized carbons (Fsp3) is 0.211. The quantitative estimate of drug-likeness (QED) is 0.833. The van der Waals surface area contributed by atoms with Crippen molar-refractivity contribution in [2.24, 2.45) is 0 Å². The third-order valence-corrected chi connectivity index (χ3v) is 3.73. The van der Waals surface area contributed by atoms with Gasteiger partial charge >= 0.3 is 0 Å². The zero-order valence-corrected chi connectivity index (χ0v) is 14.0. The summed E-state index contributed by atoms with van der Waals surface area (Å²) in [6, 6.07) is 12.3. The molecule has 0 spiro atoms. The van der Waals surface area contributed by atoms with E-state index in [1.165, 1.54) is 6.07 Å². The van der Waals surface area contributed by atoms with E-state index in [0.29, 0.717) is 11.3 Å². The van der Waals surface area contributed by atoms with Gasteiger partial charge in [-0.3, -0.25) is 9.59 Å². The van der Waals surface area contributed by atoms with Gasteiger partial charge < -0.3 is 20.5 Å². The standard InChI is InChI=1S/C19H20N2O4/c1-3-15(19(24)25)20-18(23)14-6-4-5-7-16(14)21-17(22)13-10-8-12(2)9-11-13/h4-11,15H,3H2,1-2H3,(H,20,23)(H,21,22)(H,24,25)/p-1. The van der Waals surface area contributed by atoms with Crippen molar-refractivity contribution in [2.75, 3.05) is 5.32 Å². The Bertz CT molecular complexity index is 784. The first-order chi connectivity index (χ1) is 11.9. The van der Waals surface area contributed by atoms with E-state index in [1.807, 2.05) is 19.1 Å². The van der Waals surface area contributed by atoms with Crippen LogP contribution in [0.1, 0.15) is 39.6 Å². The summed E-state index contributed by atoms with van der Waals surface area (Å²) in [5.74, 6) is -2.29. The Morgan fingerprint density at radius 1 is 1.00 bits per heavy atom. The first-order valence-electron chi connectivity index (χ1n) is 7.91. The van der Waals surface area contributed by atoms with Gasteiger partial charge in [0.25, 0.3) is 11.8 Å². The second kappa shape index (κ2) is 8.10. The Kier molecular flexibility index (Phi) is 5.89. The molecule has 0 saturated heterocycles. The fourth-order valence-electron chi connectivity index (χ4n) is 2.25. The van der Waals surface area contributed by atoms with Gasteiger partial charge in [0.2, 0.25) is 0 Å².